The molecule has 0 aliphatic rings. The first-order valence-corrected chi connectivity index (χ1v) is 7.22. The number of nitro benzene ring substituents is 2. The van der Waals surface area contributed by atoms with E-state index in [0.29, 0.717) is 0 Å². The summed E-state index contributed by atoms with van der Waals surface area (Å²) < 4.78 is 106. The van der Waals surface area contributed by atoms with Crippen molar-refractivity contribution in [3.63, 3.8) is 0 Å². The van der Waals surface area contributed by atoms with Crippen LogP contribution in [-0.2, 0) is 0 Å². The van der Waals surface area contributed by atoms with E-state index in [1.807, 2.05) is 0 Å². The van der Waals surface area contributed by atoms with Gasteiger partial charge in [0, 0.05) is 0 Å². The second-order valence-corrected chi connectivity index (χ2v) is 5.10. The van der Waals surface area contributed by atoms with E-state index in [9.17, 15) is 51.0 Å². The molecule has 0 spiro atoms. The van der Waals surface area contributed by atoms with Crippen LogP contribution in [0.2, 0.25) is 0 Å². The van der Waals surface area contributed by atoms with E-state index in [1.54, 1.807) is 0 Å². The monoisotopic (exact) mass is 442 g/mol. The molecule has 0 heterocycles. The average Bonchev–Trinajstić information content (AvgIpc) is 2.67. The second-order valence-electron chi connectivity index (χ2n) is 5.10. The lowest BCUT2D eigenvalue weighted by atomic mass is 10.2. The molecule has 0 aromatic heterocycles. The van der Waals surface area contributed by atoms with E-state index in [1.165, 1.54) is 0 Å². The van der Waals surface area contributed by atoms with Crippen LogP contribution >= 0.6 is 0 Å². The Bertz CT molecular complexity index is 1060. The van der Waals surface area contributed by atoms with Crippen molar-refractivity contribution in [3.05, 3.63) is 73.6 Å². The van der Waals surface area contributed by atoms with Crippen LogP contribution in [0.15, 0.2) is 12.7 Å². The number of nitrogens with zero attached hydrogens (tertiary/aromatic N) is 2. The Hall–Kier alpha value is -3.91. The SMILES string of the molecule is C=CCOc1c(F)c(Oc2c(F)c(F)c([N+](=O)[O-])c(F)c2F)c(F)c(F)c1[N+](=O)[O-]. The molecule has 0 aliphatic heterocycles. The smallest absolute Gasteiger partial charge is 0.352 e. The van der Waals surface area contributed by atoms with Gasteiger partial charge in [-0.1, -0.05) is 12.7 Å². The van der Waals surface area contributed by atoms with Gasteiger partial charge >= 0.3 is 11.4 Å². The highest BCUT2D eigenvalue weighted by molar-refractivity contribution is 5.55. The summed E-state index contributed by atoms with van der Waals surface area (Å²) in [7, 11) is 0. The summed E-state index contributed by atoms with van der Waals surface area (Å²) in [4.78, 5) is 18.0. The van der Waals surface area contributed by atoms with Crippen molar-refractivity contribution in [1.29, 1.82) is 0 Å². The molecule has 2 aromatic rings. The Balaban J connectivity index is 2.79. The molecule has 0 N–H and O–H groups in total. The number of rotatable bonds is 7. The van der Waals surface area contributed by atoms with Crippen LogP contribution in [0.1, 0.15) is 0 Å². The Labute approximate surface area is 160 Å². The van der Waals surface area contributed by atoms with Crippen LogP contribution in [0.4, 0.5) is 42.1 Å². The van der Waals surface area contributed by atoms with Gasteiger partial charge in [-0.25, -0.2) is 0 Å². The van der Waals surface area contributed by atoms with E-state index in [0.717, 1.165) is 6.08 Å². The maximum Gasteiger partial charge on any atom is 0.352 e. The molecule has 0 unspecified atom stereocenters. The highest BCUT2D eigenvalue weighted by Crippen LogP contribution is 2.44. The minimum Gasteiger partial charge on any atom is -0.480 e. The molecule has 160 valence electrons. The first-order chi connectivity index (χ1) is 13.9. The van der Waals surface area contributed by atoms with Crippen molar-refractivity contribution in [2.75, 3.05) is 6.61 Å². The van der Waals surface area contributed by atoms with E-state index in [4.69, 9.17) is 0 Å². The van der Waals surface area contributed by atoms with Crippen molar-refractivity contribution in [3.8, 4) is 17.2 Å². The van der Waals surface area contributed by atoms with Gasteiger partial charge in [0.2, 0.25) is 58.0 Å². The quantitative estimate of drug-likeness (QED) is 0.200. The molecular weight excluding hydrogens is 437 g/mol. The van der Waals surface area contributed by atoms with Crippen LogP contribution in [0, 0.1) is 60.9 Å². The van der Waals surface area contributed by atoms with Gasteiger partial charge in [0.25, 0.3) is 0 Å². The van der Waals surface area contributed by atoms with Crippen molar-refractivity contribution >= 4 is 11.4 Å². The van der Waals surface area contributed by atoms with Gasteiger partial charge in [-0.15, -0.1) is 0 Å². The van der Waals surface area contributed by atoms with Crippen molar-refractivity contribution < 1.29 is 50.1 Å². The number of hydrogen-bond donors (Lipinski definition) is 0. The van der Waals surface area contributed by atoms with Crippen molar-refractivity contribution in [1.82, 2.24) is 0 Å². The topological polar surface area (TPSA) is 105 Å². The molecule has 0 saturated heterocycles. The van der Waals surface area contributed by atoms with Crippen LogP contribution in [0.5, 0.6) is 17.2 Å². The summed E-state index contributed by atoms with van der Waals surface area (Å²) >= 11 is 0. The van der Waals surface area contributed by atoms with Gasteiger partial charge in [0.05, 0.1) is 9.85 Å². The lowest BCUT2D eigenvalue weighted by Crippen LogP contribution is -2.10. The molecule has 0 atom stereocenters. The fourth-order valence-electron chi connectivity index (χ4n) is 2.09. The summed E-state index contributed by atoms with van der Waals surface area (Å²) in [6.07, 6.45) is 0.908. The van der Waals surface area contributed by atoms with E-state index >= 15 is 0 Å². The summed E-state index contributed by atoms with van der Waals surface area (Å²) in [6, 6.07) is 0. The highest BCUT2D eigenvalue weighted by Gasteiger charge is 2.38. The van der Waals surface area contributed by atoms with Gasteiger partial charge in [0.15, 0.2) is 0 Å². The standard InChI is InChI=1S/C15H5F7N2O6/c1-2-3-29-15-10(22)14(9(21)6(18)12(15)24(27)28)30-13-7(19)4(16)11(23(25)26)5(17)8(13)20/h2H,1,3H2. The maximum absolute atomic E-state index is 14.5. The molecule has 8 nitrogen and oxygen atoms in total. The summed E-state index contributed by atoms with van der Waals surface area (Å²) in [5, 5.41) is 21.4. The zero-order valence-electron chi connectivity index (χ0n) is 14.0. The third-order valence-corrected chi connectivity index (χ3v) is 3.33. The minimum atomic E-state index is -2.60. The van der Waals surface area contributed by atoms with Gasteiger partial charge in [-0.2, -0.15) is 30.7 Å². The lowest BCUT2D eigenvalue weighted by molar-refractivity contribution is -0.390. The third-order valence-electron chi connectivity index (χ3n) is 3.33. The zero-order valence-corrected chi connectivity index (χ0v) is 14.0. The van der Waals surface area contributed by atoms with Crippen LogP contribution in [-0.4, -0.2) is 16.5 Å². The van der Waals surface area contributed by atoms with Crippen LogP contribution in [0.3, 0.4) is 0 Å². The lowest BCUT2D eigenvalue weighted by Gasteiger charge is -2.14. The first-order valence-electron chi connectivity index (χ1n) is 7.22. The fourth-order valence-corrected chi connectivity index (χ4v) is 2.09. The number of ether oxygens (including phenoxy) is 2. The Morgan fingerprint density at radius 1 is 0.700 bits per heavy atom. The predicted molar refractivity (Wildman–Crippen MR) is 81.7 cm³/mol. The molecule has 0 aliphatic carbocycles. The molecule has 0 bridgehead atoms. The molecule has 30 heavy (non-hydrogen) atoms. The van der Waals surface area contributed by atoms with Gasteiger partial charge in [0.1, 0.15) is 6.61 Å². The highest BCUT2D eigenvalue weighted by atomic mass is 19.2. The fraction of sp³-hybridized carbons (Fsp3) is 0.0667. The molecule has 2 aromatic carbocycles. The first kappa shape index (κ1) is 22.4. The Morgan fingerprint density at radius 3 is 1.50 bits per heavy atom. The zero-order chi connectivity index (χ0) is 22.9. The molecule has 0 fully saturated rings. The van der Waals surface area contributed by atoms with Crippen LogP contribution < -0.4 is 9.47 Å². The Kier molecular flexibility index (Phi) is 6.13. The van der Waals surface area contributed by atoms with E-state index in [2.05, 4.69) is 16.1 Å². The third kappa shape index (κ3) is 3.56. The Morgan fingerprint density at radius 2 is 1.10 bits per heavy atom. The van der Waals surface area contributed by atoms with E-state index in [-0.39, 0.29) is 0 Å². The predicted octanol–water partition coefficient (Wildman–Crippen LogP) is 4.83. The minimum absolute atomic E-state index is 0.689. The molecule has 0 radical (unpaired) electrons. The largest absolute Gasteiger partial charge is 0.480 e. The number of nitro groups is 2. The number of hydrogen-bond acceptors (Lipinski definition) is 6. The maximum atomic E-state index is 14.5. The average molecular weight is 442 g/mol. The molecule has 0 amide bonds. The summed E-state index contributed by atoms with van der Waals surface area (Å²) in [5.41, 5.74) is -4.13. The summed E-state index contributed by atoms with van der Waals surface area (Å²) in [6.45, 7) is 2.43. The van der Waals surface area contributed by atoms with E-state index < -0.39 is 85.8 Å². The molecule has 15 heteroatoms. The molecule has 2 rings (SSSR count). The molecular formula is C15H5F7N2O6. The van der Waals surface area contributed by atoms with Crippen molar-refractivity contribution in [2.45, 2.75) is 0 Å². The number of halogens is 7. The summed E-state index contributed by atoms with van der Waals surface area (Å²) in [5.74, 6) is -23.4. The van der Waals surface area contributed by atoms with Crippen molar-refractivity contribution in [2.24, 2.45) is 0 Å². The van der Waals surface area contributed by atoms with Gasteiger partial charge in [-0.3, -0.25) is 20.2 Å². The second kappa shape index (κ2) is 8.22. The van der Waals surface area contributed by atoms with Gasteiger partial charge < -0.3 is 9.47 Å². The van der Waals surface area contributed by atoms with Crippen LogP contribution in [0.25, 0.3) is 0 Å². The number of benzene rings is 2. The van der Waals surface area contributed by atoms with Gasteiger partial charge in [-0.05, 0) is 0 Å². The normalized spacial score (nSPS) is 10.6. The molecule has 0 saturated carbocycles.